The number of aromatic nitrogens is 2. The number of carbonyl (C=O) groups is 1. The van der Waals surface area contributed by atoms with Gasteiger partial charge in [-0.2, -0.15) is 16.3 Å². The molecule has 27 heavy (non-hydrogen) atoms. The van der Waals surface area contributed by atoms with Gasteiger partial charge in [-0.05, 0) is 28.1 Å². The van der Waals surface area contributed by atoms with E-state index in [1.54, 1.807) is 11.3 Å². The SMILES string of the molecule is O=C(Cc1ccc(-c2ccccc2)cc1)OCc1noc(-c2ccsc2)n1. The summed E-state index contributed by atoms with van der Waals surface area (Å²) < 4.78 is 10.4. The normalized spacial score (nSPS) is 10.7. The molecule has 134 valence electrons. The van der Waals surface area contributed by atoms with E-state index >= 15 is 0 Å². The molecule has 5 nitrogen and oxygen atoms in total. The van der Waals surface area contributed by atoms with Crippen LogP contribution in [0, 0.1) is 0 Å². The predicted octanol–water partition coefficient (Wildman–Crippen LogP) is 4.75. The van der Waals surface area contributed by atoms with E-state index in [1.807, 2.05) is 59.3 Å². The Kier molecular flexibility index (Phi) is 5.07. The number of hydrogen-bond donors (Lipinski definition) is 0. The number of carbonyl (C=O) groups excluding carboxylic acids is 1. The van der Waals surface area contributed by atoms with Crippen molar-refractivity contribution in [1.82, 2.24) is 10.1 Å². The molecule has 0 aliphatic heterocycles. The van der Waals surface area contributed by atoms with Crippen molar-refractivity contribution in [3.63, 3.8) is 0 Å². The third kappa shape index (κ3) is 4.30. The molecular weight excluding hydrogens is 360 g/mol. The molecule has 0 saturated carbocycles. The Hall–Kier alpha value is -3.25. The zero-order valence-corrected chi connectivity index (χ0v) is 15.2. The van der Waals surface area contributed by atoms with E-state index in [2.05, 4.69) is 22.3 Å². The Morgan fingerprint density at radius 1 is 0.963 bits per heavy atom. The Labute approximate surface area is 160 Å². The zero-order chi connectivity index (χ0) is 18.5. The molecule has 2 aromatic carbocycles. The van der Waals surface area contributed by atoms with Crippen molar-refractivity contribution < 1.29 is 14.1 Å². The lowest BCUT2D eigenvalue weighted by Gasteiger charge is -2.05. The molecule has 0 aliphatic rings. The first kappa shape index (κ1) is 17.2. The van der Waals surface area contributed by atoms with Gasteiger partial charge in [-0.25, -0.2) is 0 Å². The van der Waals surface area contributed by atoms with Gasteiger partial charge in [0.1, 0.15) is 0 Å². The van der Waals surface area contributed by atoms with Crippen LogP contribution >= 0.6 is 11.3 Å². The van der Waals surface area contributed by atoms with Crippen molar-refractivity contribution in [3.05, 3.63) is 82.8 Å². The van der Waals surface area contributed by atoms with Crippen LogP contribution in [0.15, 0.2) is 75.9 Å². The van der Waals surface area contributed by atoms with E-state index in [0.29, 0.717) is 11.7 Å². The average Bonchev–Trinajstić information content (AvgIpc) is 3.39. The molecule has 0 fully saturated rings. The maximum absolute atomic E-state index is 12.1. The average molecular weight is 376 g/mol. The molecule has 0 saturated heterocycles. The summed E-state index contributed by atoms with van der Waals surface area (Å²) in [5.74, 6) is 0.451. The van der Waals surface area contributed by atoms with Gasteiger partial charge < -0.3 is 9.26 Å². The molecule has 0 bridgehead atoms. The summed E-state index contributed by atoms with van der Waals surface area (Å²) >= 11 is 1.55. The Balaban J connectivity index is 1.32. The van der Waals surface area contributed by atoms with Crippen molar-refractivity contribution >= 4 is 17.3 Å². The lowest BCUT2D eigenvalue weighted by molar-refractivity contribution is -0.144. The van der Waals surface area contributed by atoms with Crippen LogP contribution in [0.4, 0.5) is 0 Å². The fourth-order valence-electron chi connectivity index (χ4n) is 2.62. The minimum atomic E-state index is -0.329. The number of nitrogens with zero attached hydrogens (tertiary/aromatic N) is 2. The van der Waals surface area contributed by atoms with Gasteiger partial charge in [-0.1, -0.05) is 59.8 Å². The molecule has 0 spiro atoms. The highest BCUT2D eigenvalue weighted by Crippen LogP contribution is 2.21. The third-order valence-electron chi connectivity index (χ3n) is 4.01. The van der Waals surface area contributed by atoms with Gasteiger partial charge >= 0.3 is 5.97 Å². The first-order valence-corrected chi connectivity index (χ1v) is 9.37. The van der Waals surface area contributed by atoms with Crippen LogP contribution < -0.4 is 0 Å². The second-order valence-corrected chi connectivity index (χ2v) is 6.71. The molecule has 4 rings (SSSR count). The number of hydrogen-bond acceptors (Lipinski definition) is 6. The molecule has 2 aromatic heterocycles. The maximum Gasteiger partial charge on any atom is 0.310 e. The summed E-state index contributed by atoms with van der Waals surface area (Å²) in [6, 6.07) is 19.9. The molecule has 0 unspecified atom stereocenters. The van der Waals surface area contributed by atoms with Crippen LogP contribution in [0.25, 0.3) is 22.6 Å². The van der Waals surface area contributed by atoms with Crippen LogP contribution in [-0.2, 0) is 22.6 Å². The topological polar surface area (TPSA) is 65.2 Å². The van der Waals surface area contributed by atoms with E-state index in [4.69, 9.17) is 9.26 Å². The van der Waals surface area contributed by atoms with Gasteiger partial charge in [0.2, 0.25) is 5.82 Å². The number of benzene rings is 2. The van der Waals surface area contributed by atoms with Crippen molar-refractivity contribution in [2.45, 2.75) is 13.0 Å². The fraction of sp³-hybridized carbons (Fsp3) is 0.0952. The second kappa shape index (κ2) is 7.97. The number of rotatable bonds is 6. The van der Waals surface area contributed by atoms with E-state index in [1.165, 1.54) is 0 Å². The molecule has 0 atom stereocenters. The zero-order valence-electron chi connectivity index (χ0n) is 14.4. The highest BCUT2D eigenvalue weighted by molar-refractivity contribution is 7.08. The minimum Gasteiger partial charge on any atom is -0.457 e. The molecule has 4 aromatic rings. The molecule has 2 heterocycles. The van der Waals surface area contributed by atoms with Gasteiger partial charge in [0.25, 0.3) is 5.89 Å². The van der Waals surface area contributed by atoms with Crippen molar-refractivity contribution in [3.8, 4) is 22.6 Å². The minimum absolute atomic E-state index is 0.00539. The molecule has 0 radical (unpaired) electrons. The summed E-state index contributed by atoms with van der Waals surface area (Å²) in [4.78, 5) is 16.3. The Morgan fingerprint density at radius 2 is 1.74 bits per heavy atom. The smallest absolute Gasteiger partial charge is 0.310 e. The number of esters is 1. The molecular formula is C21H16N2O3S. The van der Waals surface area contributed by atoms with Crippen molar-refractivity contribution in [2.24, 2.45) is 0 Å². The lowest BCUT2D eigenvalue weighted by atomic mass is 10.0. The summed E-state index contributed by atoms with van der Waals surface area (Å²) in [5.41, 5.74) is 4.01. The standard InChI is InChI=1S/C21H16N2O3S/c24-20(25-13-19-22-21(26-23-19)18-10-11-27-14-18)12-15-6-8-17(9-7-15)16-4-2-1-3-5-16/h1-11,14H,12-13H2. The maximum atomic E-state index is 12.1. The van der Waals surface area contributed by atoms with E-state index in [-0.39, 0.29) is 19.0 Å². The van der Waals surface area contributed by atoms with Crippen molar-refractivity contribution in [2.75, 3.05) is 0 Å². The first-order chi connectivity index (χ1) is 13.3. The van der Waals surface area contributed by atoms with Gasteiger partial charge in [-0.3, -0.25) is 4.79 Å². The van der Waals surface area contributed by atoms with Crippen LogP contribution in [0.5, 0.6) is 0 Å². The number of ether oxygens (including phenoxy) is 1. The monoisotopic (exact) mass is 376 g/mol. The highest BCUT2D eigenvalue weighted by atomic mass is 32.1. The summed E-state index contributed by atoms with van der Waals surface area (Å²) in [6.45, 7) is -0.00539. The van der Waals surface area contributed by atoms with Crippen LogP contribution in [-0.4, -0.2) is 16.1 Å². The molecule has 0 aliphatic carbocycles. The summed E-state index contributed by atoms with van der Waals surface area (Å²) in [7, 11) is 0. The van der Waals surface area contributed by atoms with Crippen LogP contribution in [0.2, 0.25) is 0 Å². The fourth-order valence-corrected chi connectivity index (χ4v) is 3.25. The summed E-state index contributed by atoms with van der Waals surface area (Å²) in [6.07, 6.45) is 0.199. The lowest BCUT2D eigenvalue weighted by Crippen LogP contribution is -2.08. The van der Waals surface area contributed by atoms with Gasteiger partial charge in [0, 0.05) is 5.38 Å². The van der Waals surface area contributed by atoms with Gasteiger partial charge in [0.15, 0.2) is 6.61 Å². The Morgan fingerprint density at radius 3 is 2.48 bits per heavy atom. The number of thiophene rings is 1. The molecule has 0 N–H and O–H groups in total. The van der Waals surface area contributed by atoms with E-state index < -0.39 is 0 Å². The molecule has 6 heteroatoms. The first-order valence-electron chi connectivity index (χ1n) is 8.43. The van der Waals surface area contributed by atoms with Gasteiger partial charge in [-0.15, -0.1) is 0 Å². The highest BCUT2D eigenvalue weighted by Gasteiger charge is 2.12. The van der Waals surface area contributed by atoms with E-state index in [9.17, 15) is 4.79 Å². The van der Waals surface area contributed by atoms with Gasteiger partial charge in [0.05, 0.1) is 12.0 Å². The largest absolute Gasteiger partial charge is 0.457 e. The summed E-state index contributed by atoms with van der Waals surface area (Å²) in [5, 5.41) is 7.69. The second-order valence-electron chi connectivity index (χ2n) is 5.93. The van der Waals surface area contributed by atoms with E-state index in [0.717, 1.165) is 22.3 Å². The quantitative estimate of drug-likeness (QED) is 0.454. The van der Waals surface area contributed by atoms with Crippen LogP contribution in [0.1, 0.15) is 11.4 Å². The predicted molar refractivity (Wildman–Crippen MR) is 103 cm³/mol. The Bertz CT molecular complexity index is 1010. The third-order valence-corrected chi connectivity index (χ3v) is 4.69. The van der Waals surface area contributed by atoms with Crippen molar-refractivity contribution in [1.29, 1.82) is 0 Å². The van der Waals surface area contributed by atoms with Crippen LogP contribution in [0.3, 0.4) is 0 Å². The molecule has 0 amide bonds.